The average molecular weight is 254 g/mol. The third-order valence-corrected chi connectivity index (χ3v) is 5.27. The first-order valence-corrected chi connectivity index (χ1v) is 7.82. The average Bonchev–Trinajstić information content (AvgIpc) is 2.85. The Bertz CT molecular complexity index is 249. The monoisotopic (exact) mass is 254 g/mol. The lowest BCUT2D eigenvalue weighted by atomic mass is 9.77. The van der Waals surface area contributed by atoms with Gasteiger partial charge >= 0.3 is 0 Å². The Hall–Kier alpha value is -0.120. The summed E-state index contributed by atoms with van der Waals surface area (Å²) in [6.45, 7) is 3.82. The van der Waals surface area contributed by atoms with E-state index < -0.39 is 5.60 Å². The van der Waals surface area contributed by atoms with Gasteiger partial charge in [0.15, 0.2) is 0 Å². The van der Waals surface area contributed by atoms with Gasteiger partial charge in [-0.2, -0.15) is 0 Å². The van der Waals surface area contributed by atoms with Crippen molar-refractivity contribution in [1.29, 1.82) is 0 Å². The van der Waals surface area contributed by atoms with Crippen LogP contribution in [0.5, 0.6) is 0 Å². The molecule has 2 atom stereocenters. The summed E-state index contributed by atoms with van der Waals surface area (Å²) < 4.78 is 0. The molecule has 2 aliphatic carbocycles. The maximum Gasteiger partial charge on any atom is 0.0771 e. The number of hydrogen-bond donors (Lipinski definition) is 3. The Morgan fingerprint density at radius 1 is 1.22 bits per heavy atom. The van der Waals surface area contributed by atoms with Gasteiger partial charge in [0.25, 0.3) is 0 Å². The molecule has 2 fully saturated rings. The number of rotatable bonds is 5. The molecule has 0 bridgehead atoms. The number of nitrogens with one attached hydrogen (secondary N) is 1. The molecule has 2 saturated carbocycles. The first kappa shape index (κ1) is 14.3. The second kappa shape index (κ2) is 6.36. The van der Waals surface area contributed by atoms with E-state index in [0.29, 0.717) is 12.0 Å². The van der Waals surface area contributed by atoms with Crippen molar-refractivity contribution < 1.29 is 5.11 Å². The van der Waals surface area contributed by atoms with Gasteiger partial charge in [0.2, 0.25) is 0 Å². The number of nitrogens with two attached hydrogens (primary N) is 1. The van der Waals surface area contributed by atoms with Crippen LogP contribution >= 0.6 is 0 Å². The smallest absolute Gasteiger partial charge is 0.0771 e. The lowest BCUT2D eigenvalue weighted by molar-refractivity contribution is -0.0114. The van der Waals surface area contributed by atoms with Crippen LogP contribution in [0.2, 0.25) is 0 Å². The van der Waals surface area contributed by atoms with Crippen molar-refractivity contribution >= 4 is 0 Å². The summed E-state index contributed by atoms with van der Waals surface area (Å²) in [6, 6.07) is 0.544. The van der Waals surface area contributed by atoms with Crippen LogP contribution in [0, 0.1) is 11.8 Å². The second-order valence-corrected chi connectivity index (χ2v) is 6.49. The van der Waals surface area contributed by atoms with E-state index in [2.05, 4.69) is 12.2 Å². The zero-order valence-electron chi connectivity index (χ0n) is 11.8. The van der Waals surface area contributed by atoms with Crippen molar-refractivity contribution in [3.8, 4) is 0 Å². The van der Waals surface area contributed by atoms with Crippen molar-refractivity contribution in [3.05, 3.63) is 0 Å². The molecule has 0 radical (unpaired) electrons. The maximum absolute atomic E-state index is 10.6. The molecule has 2 aliphatic rings. The van der Waals surface area contributed by atoms with E-state index in [1.165, 1.54) is 38.5 Å². The van der Waals surface area contributed by atoms with Gasteiger partial charge in [0, 0.05) is 12.6 Å². The van der Waals surface area contributed by atoms with Gasteiger partial charge in [0.05, 0.1) is 5.60 Å². The van der Waals surface area contributed by atoms with Crippen molar-refractivity contribution in [1.82, 2.24) is 5.32 Å². The van der Waals surface area contributed by atoms with Crippen molar-refractivity contribution in [2.24, 2.45) is 17.6 Å². The summed E-state index contributed by atoms with van der Waals surface area (Å²) in [6.07, 6.45) is 9.37. The molecule has 2 unspecified atom stereocenters. The molecule has 0 aliphatic heterocycles. The van der Waals surface area contributed by atoms with Crippen LogP contribution in [0.3, 0.4) is 0 Å². The van der Waals surface area contributed by atoms with Gasteiger partial charge in [-0.3, -0.25) is 0 Å². The van der Waals surface area contributed by atoms with Crippen LogP contribution in [0.15, 0.2) is 0 Å². The molecule has 0 saturated heterocycles. The highest BCUT2D eigenvalue weighted by Gasteiger charge is 2.34. The molecule has 4 N–H and O–H groups in total. The van der Waals surface area contributed by atoms with E-state index in [-0.39, 0.29) is 0 Å². The number of aliphatic hydroxyl groups is 1. The molecule has 0 aromatic carbocycles. The van der Waals surface area contributed by atoms with Crippen LogP contribution in [-0.2, 0) is 0 Å². The van der Waals surface area contributed by atoms with Gasteiger partial charge in [-0.25, -0.2) is 0 Å². The molecular weight excluding hydrogens is 224 g/mol. The third kappa shape index (κ3) is 3.46. The first-order valence-electron chi connectivity index (χ1n) is 7.82. The van der Waals surface area contributed by atoms with Crippen LogP contribution in [0.25, 0.3) is 0 Å². The Morgan fingerprint density at radius 2 is 1.94 bits per heavy atom. The van der Waals surface area contributed by atoms with Crippen LogP contribution in [0.1, 0.15) is 58.3 Å². The molecule has 3 nitrogen and oxygen atoms in total. The van der Waals surface area contributed by atoms with E-state index in [0.717, 1.165) is 31.8 Å². The fourth-order valence-corrected chi connectivity index (χ4v) is 3.71. The predicted molar refractivity (Wildman–Crippen MR) is 75.4 cm³/mol. The predicted octanol–water partition coefficient (Wildman–Crippen LogP) is 2.03. The second-order valence-electron chi connectivity index (χ2n) is 6.49. The highest BCUT2D eigenvalue weighted by molar-refractivity contribution is 4.91. The summed E-state index contributed by atoms with van der Waals surface area (Å²) in [5.74, 6) is 1.47. The van der Waals surface area contributed by atoms with Gasteiger partial charge < -0.3 is 16.2 Å². The highest BCUT2D eigenvalue weighted by atomic mass is 16.3. The minimum Gasteiger partial charge on any atom is -0.389 e. The molecular formula is C15H30N2O. The van der Waals surface area contributed by atoms with Gasteiger partial charge in [-0.1, -0.05) is 19.8 Å². The summed E-state index contributed by atoms with van der Waals surface area (Å²) in [7, 11) is 0. The summed E-state index contributed by atoms with van der Waals surface area (Å²) in [4.78, 5) is 0. The normalized spacial score (nSPS) is 41.2. The van der Waals surface area contributed by atoms with E-state index in [1.54, 1.807) is 0 Å². The quantitative estimate of drug-likeness (QED) is 0.703. The Labute approximate surface area is 112 Å². The minimum absolute atomic E-state index is 0.451. The zero-order chi connectivity index (χ0) is 13.0. The number of hydrogen-bond acceptors (Lipinski definition) is 3. The van der Waals surface area contributed by atoms with E-state index in [9.17, 15) is 5.11 Å². The van der Waals surface area contributed by atoms with E-state index in [4.69, 9.17) is 5.73 Å². The molecule has 0 amide bonds. The molecule has 0 spiro atoms. The fourth-order valence-electron chi connectivity index (χ4n) is 3.71. The summed E-state index contributed by atoms with van der Waals surface area (Å²) in [5.41, 5.74) is 5.35. The molecule has 106 valence electrons. The van der Waals surface area contributed by atoms with E-state index >= 15 is 0 Å². The van der Waals surface area contributed by atoms with Crippen LogP contribution in [-0.4, -0.2) is 29.8 Å². The molecule has 0 aromatic rings. The van der Waals surface area contributed by atoms with E-state index in [1.807, 2.05) is 0 Å². The van der Waals surface area contributed by atoms with Crippen molar-refractivity contribution in [2.45, 2.75) is 69.9 Å². The molecule has 3 heteroatoms. The largest absolute Gasteiger partial charge is 0.389 e. The Kier molecular flexibility index (Phi) is 5.05. The fraction of sp³-hybridized carbons (Fsp3) is 1.00. The molecule has 0 heterocycles. The topological polar surface area (TPSA) is 58.3 Å². The van der Waals surface area contributed by atoms with Crippen LogP contribution in [0.4, 0.5) is 0 Å². The first-order chi connectivity index (χ1) is 8.67. The standard InChI is InChI=1S/C15H30N2O/c1-2-12-6-8-15(18,9-7-12)11-17-14-5-3-4-13(14)10-16/h12-14,17-18H,2-11,16H2,1H3. The van der Waals surface area contributed by atoms with Crippen molar-refractivity contribution in [2.75, 3.05) is 13.1 Å². The third-order valence-electron chi connectivity index (χ3n) is 5.27. The van der Waals surface area contributed by atoms with Gasteiger partial charge in [-0.15, -0.1) is 0 Å². The lowest BCUT2D eigenvalue weighted by Crippen LogP contribution is -2.48. The lowest BCUT2D eigenvalue weighted by Gasteiger charge is -2.37. The summed E-state index contributed by atoms with van der Waals surface area (Å²) in [5, 5.41) is 14.2. The van der Waals surface area contributed by atoms with Gasteiger partial charge in [-0.05, 0) is 56.9 Å². The highest BCUT2D eigenvalue weighted by Crippen LogP contribution is 2.34. The molecule has 0 aromatic heterocycles. The molecule has 2 rings (SSSR count). The summed E-state index contributed by atoms with van der Waals surface area (Å²) >= 11 is 0. The zero-order valence-corrected chi connectivity index (χ0v) is 11.8. The Morgan fingerprint density at radius 3 is 2.56 bits per heavy atom. The van der Waals surface area contributed by atoms with Crippen LogP contribution < -0.4 is 11.1 Å². The minimum atomic E-state index is -0.451. The Balaban J connectivity index is 1.75. The maximum atomic E-state index is 10.6. The SMILES string of the molecule is CCC1CCC(O)(CNC2CCCC2CN)CC1. The van der Waals surface area contributed by atoms with Gasteiger partial charge in [0.1, 0.15) is 0 Å². The van der Waals surface area contributed by atoms with Crippen molar-refractivity contribution in [3.63, 3.8) is 0 Å². The molecule has 18 heavy (non-hydrogen) atoms.